The fraction of sp³-hybridized carbons (Fsp3) is 0.269. The molecule has 0 heterocycles. The molecule has 0 aliphatic heterocycles. The number of hydrogen-bond acceptors (Lipinski definition) is 3. The minimum atomic E-state index is -3.64. The van der Waals surface area contributed by atoms with Crippen molar-refractivity contribution in [1.29, 1.82) is 0 Å². The predicted octanol–water partition coefficient (Wildman–Crippen LogP) is 4.50. The summed E-state index contributed by atoms with van der Waals surface area (Å²) in [6, 6.07) is 24.1. The minimum Gasteiger partial charge on any atom is -0.353 e. The van der Waals surface area contributed by atoms with Crippen LogP contribution in [-0.4, -0.2) is 27.4 Å². The predicted molar refractivity (Wildman–Crippen MR) is 129 cm³/mol. The number of nitrogens with one attached hydrogen (secondary N) is 1. The molecule has 0 saturated carbocycles. The lowest BCUT2D eigenvalue weighted by atomic mass is 10.1. The maximum Gasteiger partial charge on any atom is 0.264 e. The number of benzene rings is 3. The molecule has 3 rings (SSSR count). The molecule has 168 valence electrons. The second-order valence-electron chi connectivity index (χ2n) is 8.12. The molecule has 32 heavy (non-hydrogen) atoms. The van der Waals surface area contributed by atoms with Crippen molar-refractivity contribution < 1.29 is 13.2 Å². The van der Waals surface area contributed by atoms with Crippen LogP contribution in [-0.2, 0) is 27.7 Å². The second kappa shape index (κ2) is 10.5. The van der Waals surface area contributed by atoms with Crippen LogP contribution in [0.3, 0.4) is 0 Å². The largest absolute Gasteiger partial charge is 0.353 e. The Morgan fingerprint density at radius 2 is 1.53 bits per heavy atom. The van der Waals surface area contributed by atoms with Crippen LogP contribution in [0.4, 0.5) is 5.69 Å². The van der Waals surface area contributed by atoms with Crippen molar-refractivity contribution in [3.8, 4) is 0 Å². The van der Waals surface area contributed by atoms with Crippen molar-refractivity contribution in [3.63, 3.8) is 0 Å². The molecule has 0 saturated heterocycles. The van der Waals surface area contributed by atoms with Gasteiger partial charge in [-0.3, -0.25) is 9.10 Å². The van der Waals surface area contributed by atoms with Crippen LogP contribution in [0.15, 0.2) is 83.8 Å². The molecule has 0 fully saturated rings. The van der Waals surface area contributed by atoms with Gasteiger partial charge in [-0.1, -0.05) is 60.2 Å². The molecule has 0 spiro atoms. The van der Waals surface area contributed by atoms with Crippen LogP contribution in [0.2, 0.25) is 0 Å². The molecule has 3 aromatic carbocycles. The fourth-order valence-corrected chi connectivity index (χ4v) is 4.64. The Labute approximate surface area is 191 Å². The summed E-state index contributed by atoms with van der Waals surface area (Å²) in [7, 11) is -2.10. The molecule has 1 N–H and O–H groups in total. The molecule has 0 aliphatic carbocycles. The molecule has 3 aromatic rings. The van der Waals surface area contributed by atoms with Crippen LogP contribution in [0.5, 0.6) is 0 Å². The fourth-order valence-electron chi connectivity index (χ4n) is 3.44. The topological polar surface area (TPSA) is 66.5 Å². The van der Waals surface area contributed by atoms with Crippen molar-refractivity contribution in [2.75, 3.05) is 11.4 Å². The lowest BCUT2D eigenvalue weighted by molar-refractivity contribution is -0.121. The van der Waals surface area contributed by atoms with Crippen LogP contribution in [0, 0.1) is 6.92 Å². The first-order valence-electron chi connectivity index (χ1n) is 10.7. The van der Waals surface area contributed by atoms with Crippen molar-refractivity contribution >= 4 is 21.6 Å². The monoisotopic (exact) mass is 450 g/mol. The van der Waals surface area contributed by atoms with Gasteiger partial charge in [-0.15, -0.1) is 0 Å². The third-order valence-electron chi connectivity index (χ3n) is 5.46. The van der Waals surface area contributed by atoms with Gasteiger partial charge in [0.1, 0.15) is 0 Å². The summed E-state index contributed by atoms with van der Waals surface area (Å²) >= 11 is 0. The van der Waals surface area contributed by atoms with Crippen LogP contribution in [0.1, 0.15) is 30.0 Å². The van der Waals surface area contributed by atoms with E-state index in [0.29, 0.717) is 5.69 Å². The zero-order chi connectivity index (χ0) is 23.1. The number of nitrogens with zero attached hydrogens (tertiary/aromatic N) is 1. The average Bonchev–Trinajstić information content (AvgIpc) is 2.78. The van der Waals surface area contributed by atoms with Crippen LogP contribution < -0.4 is 9.62 Å². The second-order valence-corrected chi connectivity index (χ2v) is 10.1. The maximum atomic E-state index is 12.9. The Hall–Kier alpha value is -3.12. The highest BCUT2D eigenvalue weighted by Gasteiger charge is 2.21. The van der Waals surface area contributed by atoms with E-state index in [9.17, 15) is 13.2 Å². The van der Waals surface area contributed by atoms with E-state index in [2.05, 4.69) is 17.4 Å². The Morgan fingerprint density at radius 3 is 2.16 bits per heavy atom. The third kappa shape index (κ3) is 6.20. The molecule has 0 unspecified atom stereocenters. The number of hydrogen-bond donors (Lipinski definition) is 1. The summed E-state index contributed by atoms with van der Waals surface area (Å²) in [5, 5.41) is 3.04. The minimum absolute atomic E-state index is 0.0426. The molecule has 5 nitrogen and oxygen atoms in total. The summed E-state index contributed by atoms with van der Waals surface area (Å²) in [5.41, 5.74) is 3.64. The van der Waals surface area contributed by atoms with E-state index < -0.39 is 10.0 Å². The quantitative estimate of drug-likeness (QED) is 0.522. The smallest absolute Gasteiger partial charge is 0.264 e. The molecule has 0 bridgehead atoms. The zero-order valence-electron chi connectivity index (χ0n) is 18.8. The Bertz CT molecular complexity index is 1130. The molecule has 1 atom stereocenters. The summed E-state index contributed by atoms with van der Waals surface area (Å²) < 4.78 is 27.0. The summed E-state index contributed by atoms with van der Waals surface area (Å²) in [4.78, 5) is 12.7. The number of rotatable bonds is 9. The summed E-state index contributed by atoms with van der Waals surface area (Å²) in [6.07, 6.45) is 2.04. The number of carbonyl (C=O) groups excluding carboxylic acids is 1. The van der Waals surface area contributed by atoms with E-state index >= 15 is 0 Å². The van der Waals surface area contributed by atoms with E-state index in [-0.39, 0.29) is 23.3 Å². The van der Waals surface area contributed by atoms with Crippen molar-refractivity contribution in [2.45, 2.75) is 44.0 Å². The van der Waals surface area contributed by atoms with Crippen molar-refractivity contribution in [2.24, 2.45) is 0 Å². The molecular formula is C26H30N2O3S. The van der Waals surface area contributed by atoms with Gasteiger partial charge in [0.2, 0.25) is 5.91 Å². The number of amides is 1. The lowest BCUT2D eigenvalue weighted by Gasteiger charge is -2.20. The normalized spacial score (nSPS) is 12.2. The number of anilines is 1. The highest BCUT2D eigenvalue weighted by Crippen LogP contribution is 2.23. The van der Waals surface area contributed by atoms with Gasteiger partial charge in [0.25, 0.3) is 10.0 Å². The zero-order valence-corrected chi connectivity index (χ0v) is 19.6. The number of carbonyl (C=O) groups is 1. The molecular weight excluding hydrogens is 420 g/mol. The Kier molecular flexibility index (Phi) is 7.70. The molecule has 1 amide bonds. The van der Waals surface area contributed by atoms with E-state index in [0.717, 1.165) is 24.0 Å². The Morgan fingerprint density at radius 1 is 0.906 bits per heavy atom. The molecule has 6 heteroatoms. The first-order valence-corrected chi connectivity index (χ1v) is 12.2. The summed E-state index contributed by atoms with van der Waals surface area (Å²) in [5.74, 6) is -0.0426. The lowest BCUT2D eigenvalue weighted by Crippen LogP contribution is -2.34. The van der Waals surface area contributed by atoms with Crippen molar-refractivity contribution in [3.05, 3.63) is 95.6 Å². The van der Waals surface area contributed by atoms with E-state index in [4.69, 9.17) is 0 Å². The van der Waals surface area contributed by atoms with Gasteiger partial charge >= 0.3 is 0 Å². The highest BCUT2D eigenvalue weighted by atomic mass is 32.2. The Balaban J connectivity index is 1.55. The highest BCUT2D eigenvalue weighted by molar-refractivity contribution is 7.92. The van der Waals surface area contributed by atoms with Gasteiger partial charge < -0.3 is 5.32 Å². The van der Waals surface area contributed by atoms with Gasteiger partial charge in [-0.2, -0.15) is 0 Å². The van der Waals surface area contributed by atoms with E-state index in [1.807, 2.05) is 32.0 Å². The van der Waals surface area contributed by atoms with Crippen molar-refractivity contribution in [1.82, 2.24) is 5.32 Å². The summed E-state index contributed by atoms with van der Waals surface area (Å²) in [6.45, 7) is 3.92. The third-order valence-corrected chi connectivity index (χ3v) is 7.26. The van der Waals surface area contributed by atoms with E-state index in [1.165, 1.54) is 16.9 Å². The SMILES string of the molecule is Cc1ccc(S(=O)(=O)N(C)c2ccc(CC(=O)N[C@H](C)CCc3ccccc3)cc2)cc1. The van der Waals surface area contributed by atoms with E-state index in [1.54, 1.807) is 48.5 Å². The van der Waals surface area contributed by atoms with Gasteiger partial charge in [0.05, 0.1) is 17.0 Å². The molecule has 0 aliphatic rings. The van der Waals surface area contributed by atoms with Gasteiger partial charge in [0, 0.05) is 13.1 Å². The number of aryl methyl sites for hydroxylation is 2. The van der Waals surface area contributed by atoms with Gasteiger partial charge in [-0.25, -0.2) is 8.42 Å². The maximum absolute atomic E-state index is 12.9. The first-order chi connectivity index (χ1) is 15.3. The van der Waals surface area contributed by atoms with Crippen LogP contribution in [0.25, 0.3) is 0 Å². The molecule has 0 radical (unpaired) electrons. The number of sulfonamides is 1. The van der Waals surface area contributed by atoms with Gasteiger partial charge in [-0.05, 0) is 62.1 Å². The average molecular weight is 451 g/mol. The first kappa shape index (κ1) is 23.5. The molecule has 0 aromatic heterocycles. The van der Waals surface area contributed by atoms with Crippen LogP contribution >= 0.6 is 0 Å². The standard InChI is InChI=1S/C26H30N2O3S/c1-20-9-17-25(18-10-20)32(30,31)28(3)24-15-13-23(14-16-24)19-26(29)27-21(2)11-12-22-7-5-4-6-8-22/h4-10,13-18,21H,11-12,19H2,1-3H3,(H,27,29)/t21-/m1/s1. The van der Waals surface area contributed by atoms with Gasteiger partial charge in [0.15, 0.2) is 0 Å².